The molecule has 29 heavy (non-hydrogen) atoms. The third-order valence-corrected chi connectivity index (χ3v) is 5.85. The van der Waals surface area contributed by atoms with Crippen LogP contribution in [0.3, 0.4) is 0 Å². The summed E-state index contributed by atoms with van der Waals surface area (Å²) in [5.41, 5.74) is 1.08. The molecule has 4 rings (SSSR count). The molecular weight excluding hydrogens is 390 g/mol. The number of hydrogen-bond donors (Lipinski definition) is 0. The Bertz CT molecular complexity index is 1070. The van der Waals surface area contributed by atoms with Gasteiger partial charge < -0.3 is 4.90 Å². The Balaban J connectivity index is 1.84. The van der Waals surface area contributed by atoms with Gasteiger partial charge in [0.25, 0.3) is 5.91 Å². The number of fused-ring (bicyclic) bond motifs is 2. The Labute approximate surface area is 174 Å². The number of anilines is 1. The third kappa shape index (κ3) is 2.88. The van der Waals surface area contributed by atoms with Crippen molar-refractivity contribution in [2.45, 2.75) is 32.5 Å². The van der Waals surface area contributed by atoms with Crippen LogP contribution >= 0.6 is 11.6 Å². The Morgan fingerprint density at radius 3 is 2.69 bits per heavy atom. The highest BCUT2D eigenvalue weighted by Gasteiger charge is 2.59. The topological polar surface area (TPSA) is 69.1 Å². The van der Waals surface area contributed by atoms with Crippen LogP contribution in [0.4, 0.5) is 10.5 Å². The lowest BCUT2D eigenvalue weighted by Crippen LogP contribution is -2.70. The van der Waals surface area contributed by atoms with Gasteiger partial charge in [0.2, 0.25) is 0 Å². The lowest BCUT2D eigenvalue weighted by atomic mass is 9.96. The van der Waals surface area contributed by atoms with Gasteiger partial charge in [-0.2, -0.15) is 0 Å². The maximum Gasteiger partial charge on any atom is 0.333 e. The van der Waals surface area contributed by atoms with Crippen LogP contribution < -0.4 is 4.90 Å². The maximum atomic E-state index is 13.7. The minimum absolute atomic E-state index is 0.223. The van der Waals surface area contributed by atoms with Crippen LogP contribution in [0.5, 0.6) is 0 Å². The van der Waals surface area contributed by atoms with Crippen molar-refractivity contribution in [1.82, 2.24) is 14.8 Å². The van der Waals surface area contributed by atoms with Gasteiger partial charge in [-0.25, -0.2) is 14.7 Å². The standard InChI is InChI=1S/C21H22ClN5O2/c1-13(2)10-12-26-17-18(28)27(20(29)25(4)21(17,3)24-19(26)22)15-9-5-7-14-8-6-11-23-16(14)15/h5-11,17H,12H2,1-4H3. The number of para-hydroxylation sites is 1. The monoisotopic (exact) mass is 411 g/mol. The van der Waals surface area contributed by atoms with Crippen molar-refractivity contribution in [3.63, 3.8) is 0 Å². The van der Waals surface area contributed by atoms with E-state index in [1.54, 1.807) is 31.1 Å². The molecule has 2 aliphatic heterocycles. The van der Waals surface area contributed by atoms with E-state index < -0.39 is 17.7 Å². The summed E-state index contributed by atoms with van der Waals surface area (Å²) >= 11 is 6.42. The average molecular weight is 412 g/mol. The van der Waals surface area contributed by atoms with Gasteiger partial charge in [-0.15, -0.1) is 0 Å². The number of pyridine rings is 1. The summed E-state index contributed by atoms with van der Waals surface area (Å²) in [6, 6.07) is 7.98. The number of halogens is 1. The van der Waals surface area contributed by atoms with Crippen molar-refractivity contribution in [2.75, 3.05) is 18.5 Å². The van der Waals surface area contributed by atoms with Crippen LogP contribution in [0, 0.1) is 0 Å². The number of allylic oxidation sites excluding steroid dienone is 1. The molecular formula is C21H22ClN5O2. The highest BCUT2D eigenvalue weighted by atomic mass is 35.5. The molecule has 150 valence electrons. The number of amidine groups is 1. The molecule has 1 aromatic carbocycles. The first kappa shape index (κ1) is 19.4. The number of aliphatic imine (C=N–C) groups is 1. The number of hydrogen-bond acceptors (Lipinski definition) is 5. The van der Waals surface area contributed by atoms with Crippen LogP contribution in [0.1, 0.15) is 20.8 Å². The first-order valence-corrected chi connectivity index (χ1v) is 9.74. The van der Waals surface area contributed by atoms with Gasteiger partial charge >= 0.3 is 6.03 Å². The van der Waals surface area contributed by atoms with Crippen LogP contribution in [0.2, 0.25) is 0 Å². The van der Waals surface area contributed by atoms with Gasteiger partial charge in [-0.05, 0) is 44.5 Å². The number of amides is 3. The summed E-state index contributed by atoms with van der Waals surface area (Å²) in [6.07, 6.45) is 3.63. The van der Waals surface area contributed by atoms with E-state index in [1.807, 2.05) is 44.2 Å². The summed E-state index contributed by atoms with van der Waals surface area (Å²) in [5.74, 6) is -0.365. The molecule has 7 nitrogen and oxygen atoms in total. The number of carbonyl (C=O) groups excluding carboxylic acids is 2. The van der Waals surface area contributed by atoms with Crippen LogP contribution in [-0.2, 0) is 4.79 Å². The number of likely N-dealkylation sites (N-methyl/N-ethyl adjacent to an activating group) is 1. The summed E-state index contributed by atoms with van der Waals surface area (Å²) < 4.78 is 0. The second-order valence-corrected chi connectivity index (χ2v) is 8.02. The van der Waals surface area contributed by atoms with Gasteiger partial charge in [0.15, 0.2) is 17.0 Å². The molecule has 2 aliphatic rings. The number of urea groups is 1. The Hall–Kier alpha value is -2.93. The molecule has 3 amide bonds. The second kappa shape index (κ2) is 6.84. The maximum absolute atomic E-state index is 13.7. The Morgan fingerprint density at radius 1 is 1.24 bits per heavy atom. The van der Waals surface area contributed by atoms with Gasteiger partial charge in [-0.3, -0.25) is 14.7 Å². The number of imide groups is 1. The molecule has 1 fully saturated rings. The first-order valence-electron chi connectivity index (χ1n) is 9.36. The lowest BCUT2D eigenvalue weighted by molar-refractivity contribution is -0.126. The van der Waals surface area contributed by atoms with Crippen LogP contribution in [-0.4, -0.2) is 57.3 Å². The fourth-order valence-electron chi connectivity index (χ4n) is 3.85. The summed E-state index contributed by atoms with van der Waals surface area (Å²) in [5, 5.41) is 1.07. The van der Waals surface area contributed by atoms with Crippen molar-refractivity contribution in [3.8, 4) is 0 Å². The van der Waals surface area contributed by atoms with Gasteiger partial charge in [0.1, 0.15) is 0 Å². The highest BCUT2D eigenvalue weighted by Crippen LogP contribution is 2.40. The predicted molar refractivity (Wildman–Crippen MR) is 114 cm³/mol. The van der Waals surface area contributed by atoms with Gasteiger partial charge in [0.05, 0.1) is 11.2 Å². The van der Waals surface area contributed by atoms with Crippen molar-refractivity contribution >= 4 is 45.4 Å². The fourth-order valence-corrected chi connectivity index (χ4v) is 4.19. The van der Waals surface area contributed by atoms with Crippen molar-refractivity contribution in [1.29, 1.82) is 0 Å². The molecule has 8 heteroatoms. The molecule has 2 atom stereocenters. The van der Waals surface area contributed by atoms with Gasteiger partial charge in [-0.1, -0.05) is 29.8 Å². The molecule has 1 aromatic heterocycles. The van der Waals surface area contributed by atoms with E-state index in [0.717, 1.165) is 11.0 Å². The SMILES string of the molecule is CC(C)=CCN1C(Cl)=NC2(C)C1C(=O)N(c1cccc3cccnc13)C(=O)N2C. The smallest absolute Gasteiger partial charge is 0.327 e. The number of aromatic nitrogens is 1. The zero-order valence-corrected chi connectivity index (χ0v) is 17.5. The normalized spacial score (nSPS) is 24.1. The molecule has 0 N–H and O–H groups in total. The Kier molecular flexibility index (Phi) is 4.58. The molecule has 1 saturated heterocycles. The average Bonchev–Trinajstić information content (AvgIpc) is 2.96. The lowest BCUT2D eigenvalue weighted by Gasteiger charge is -2.46. The summed E-state index contributed by atoms with van der Waals surface area (Å²) in [6.45, 7) is 6.15. The van der Waals surface area contributed by atoms with Crippen LogP contribution in [0.25, 0.3) is 10.9 Å². The van der Waals surface area contributed by atoms with E-state index in [1.165, 1.54) is 9.80 Å². The zero-order chi connectivity index (χ0) is 20.9. The predicted octanol–water partition coefficient (Wildman–Crippen LogP) is 3.59. The molecule has 0 aliphatic carbocycles. The van der Waals surface area contributed by atoms with Crippen molar-refractivity contribution in [3.05, 3.63) is 48.2 Å². The van der Waals surface area contributed by atoms with Crippen molar-refractivity contribution in [2.24, 2.45) is 4.99 Å². The number of carbonyl (C=O) groups is 2. The summed E-state index contributed by atoms with van der Waals surface area (Å²) in [4.78, 5) is 40.3. The Morgan fingerprint density at radius 2 is 1.97 bits per heavy atom. The molecule has 3 heterocycles. The largest absolute Gasteiger partial charge is 0.333 e. The number of rotatable bonds is 3. The molecule has 2 aromatic rings. The minimum atomic E-state index is -1.07. The number of nitrogens with zero attached hydrogens (tertiary/aromatic N) is 5. The third-order valence-electron chi connectivity index (χ3n) is 5.55. The molecule has 0 saturated carbocycles. The summed E-state index contributed by atoms with van der Waals surface area (Å²) in [7, 11) is 1.64. The quantitative estimate of drug-likeness (QED) is 0.571. The molecule has 2 unspecified atom stereocenters. The second-order valence-electron chi connectivity index (χ2n) is 7.68. The zero-order valence-electron chi connectivity index (χ0n) is 16.8. The van der Waals surface area contributed by atoms with E-state index in [9.17, 15) is 9.59 Å². The minimum Gasteiger partial charge on any atom is -0.327 e. The van der Waals surface area contributed by atoms with E-state index in [4.69, 9.17) is 11.6 Å². The van der Waals surface area contributed by atoms with Crippen molar-refractivity contribution < 1.29 is 9.59 Å². The molecule has 0 radical (unpaired) electrons. The van der Waals surface area contributed by atoms with E-state index >= 15 is 0 Å². The number of benzene rings is 1. The fraction of sp³-hybridized carbons (Fsp3) is 0.333. The van der Waals surface area contributed by atoms with Gasteiger partial charge in [0, 0.05) is 25.2 Å². The first-order chi connectivity index (χ1) is 13.8. The van der Waals surface area contributed by atoms with E-state index in [2.05, 4.69) is 9.98 Å². The van der Waals surface area contributed by atoms with Crippen LogP contribution in [0.15, 0.2) is 53.2 Å². The molecule has 0 bridgehead atoms. The van der Waals surface area contributed by atoms with E-state index in [-0.39, 0.29) is 11.2 Å². The van der Waals surface area contributed by atoms with E-state index in [0.29, 0.717) is 17.7 Å². The molecule has 0 spiro atoms. The highest BCUT2D eigenvalue weighted by molar-refractivity contribution is 6.65.